The molecule has 1 aliphatic rings. The summed E-state index contributed by atoms with van der Waals surface area (Å²) in [5.74, 6) is 0. The average molecular weight is 277 g/mol. The third kappa shape index (κ3) is 2.72. The van der Waals surface area contributed by atoms with E-state index in [0.717, 1.165) is 18.5 Å². The van der Waals surface area contributed by atoms with E-state index in [-0.39, 0.29) is 12.1 Å². The first kappa shape index (κ1) is 13.1. The normalized spacial score (nSPS) is 29.3. The molecular formula is C11H14Cl2N2O2. The first-order chi connectivity index (χ1) is 8.13. The Morgan fingerprint density at radius 3 is 2.88 bits per heavy atom. The quantitative estimate of drug-likeness (QED) is 0.809. The van der Waals surface area contributed by atoms with Crippen LogP contribution < -0.4 is 5.32 Å². The van der Waals surface area contributed by atoms with Gasteiger partial charge in [0.05, 0.1) is 18.2 Å². The van der Waals surface area contributed by atoms with Crippen LogP contribution in [0.1, 0.15) is 18.0 Å². The number of piperidine rings is 1. The van der Waals surface area contributed by atoms with E-state index in [9.17, 15) is 5.11 Å². The molecule has 94 valence electrons. The molecule has 2 heterocycles. The first-order valence-electron chi connectivity index (χ1n) is 5.39. The number of methoxy groups -OCH3 is 1. The number of aliphatic hydroxyl groups is 1. The number of nitrogens with zero attached hydrogens (tertiary/aromatic N) is 1. The average Bonchev–Trinajstić information content (AvgIpc) is 2.30. The molecule has 4 nitrogen and oxygen atoms in total. The van der Waals surface area contributed by atoms with Crippen LogP contribution in [-0.4, -0.2) is 36.0 Å². The summed E-state index contributed by atoms with van der Waals surface area (Å²) in [7, 11) is 1.60. The minimum Gasteiger partial charge on any atom is -0.388 e. The largest absolute Gasteiger partial charge is 0.388 e. The highest BCUT2D eigenvalue weighted by molar-refractivity contribution is 6.32. The third-order valence-corrected chi connectivity index (χ3v) is 3.51. The summed E-state index contributed by atoms with van der Waals surface area (Å²) in [6.45, 7) is 0.763. The van der Waals surface area contributed by atoms with Crippen molar-refractivity contribution in [1.29, 1.82) is 0 Å². The SMILES string of the molecule is CO[C@H]1CCN[C@@H](c2ccc(Cl)nc2Cl)[C@H]1O. The predicted molar refractivity (Wildman–Crippen MR) is 66.4 cm³/mol. The van der Waals surface area contributed by atoms with E-state index in [1.54, 1.807) is 19.2 Å². The lowest BCUT2D eigenvalue weighted by atomic mass is 9.93. The molecule has 0 spiro atoms. The van der Waals surface area contributed by atoms with E-state index in [1.807, 2.05) is 0 Å². The molecule has 0 bridgehead atoms. The van der Waals surface area contributed by atoms with Gasteiger partial charge in [0.25, 0.3) is 0 Å². The van der Waals surface area contributed by atoms with E-state index < -0.39 is 6.10 Å². The number of ether oxygens (including phenoxy) is 1. The Morgan fingerprint density at radius 1 is 1.47 bits per heavy atom. The molecule has 1 aliphatic heterocycles. The minimum absolute atomic E-state index is 0.187. The van der Waals surface area contributed by atoms with E-state index in [4.69, 9.17) is 27.9 Å². The molecular weight excluding hydrogens is 263 g/mol. The molecule has 0 saturated carbocycles. The van der Waals surface area contributed by atoms with Crippen molar-refractivity contribution in [3.05, 3.63) is 28.0 Å². The molecule has 0 aliphatic carbocycles. The molecule has 2 N–H and O–H groups in total. The summed E-state index contributed by atoms with van der Waals surface area (Å²) >= 11 is 11.8. The number of hydrogen-bond acceptors (Lipinski definition) is 4. The molecule has 0 unspecified atom stereocenters. The first-order valence-corrected chi connectivity index (χ1v) is 6.15. The number of aromatic nitrogens is 1. The minimum atomic E-state index is -0.644. The lowest BCUT2D eigenvalue weighted by Crippen LogP contribution is -2.47. The van der Waals surface area contributed by atoms with Gasteiger partial charge in [-0.25, -0.2) is 4.98 Å². The highest BCUT2D eigenvalue weighted by Crippen LogP contribution is 2.30. The summed E-state index contributed by atoms with van der Waals surface area (Å²) in [6, 6.07) is 3.16. The van der Waals surface area contributed by atoms with Gasteiger partial charge < -0.3 is 15.2 Å². The molecule has 6 heteroatoms. The predicted octanol–water partition coefficient (Wildman–Crippen LogP) is 1.80. The van der Waals surface area contributed by atoms with Crippen LogP contribution in [0.3, 0.4) is 0 Å². The third-order valence-electron chi connectivity index (χ3n) is 3.00. The monoisotopic (exact) mass is 276 g/mol. The van der Waals surface area contributed by atoms with Crippen LogP contribution in [0, 0.1) is 0 Å². The zero-order valence-corrected chi connectivity index (χ0v) is 10.9. The fraction of sp³-hybridized carbons (Fsp3) is 0.545. The van der Waals surface area contributed by atoms with Gasteiger partial charge in [-0.1, -0.05) is 29.3 Å². The highest BCUT2D eigenvalue weighted by atomic mass is 35.5. The van der Waals surface area contributed by atoms with Gasteiger partial charge in [-0.2, -0.15) is 0 Å². The van der Waals surface area contributed by atoms with Crippen molar-refractivity contribution in [3.8, 4) is 0 Å². The van der Waals surface area contributed by atoms with Crippen molar-refractivity contribution in [2.45, 2.75) is 24.7 Å². The lowest BCUT2D eigenvalue weighted by Gasteiger charge is -2.35. The fourth-order valence-corrected chi connectivity index (χ4v) is 2.56. The zero-order chi connectivity index (χ0) is 12.4. The molecule has 2 rings (SSSR count). The molecule has 1 fully saturated rings. The van der Waals surface area contributed by atoms with Gasteiger partial charge in [-0.05, 0) is 19.0 Å². The second-order valence-corrected chi connectivity index (χ2v) is 4.74. The molecule has 1 saturated heterocycles. The summed E-state index contributed by atoms with van der Waals surface area (Å²) < 4.78 is 5.24. The number of hydrogen-bond donors (Lipinski definition) is 2. The van der Waals surface area contributed by atoms with Gasteiger partial charge in [0.1, 0.15) is 10.3 Å². The van der Waals surface area contributed by atoms with Crippen LogP contribution >= 0.6 is 23.2 Å². The Kier molecular flexibility index (Phi) is 4.22. The van der Waals surface area contributed by atoms with Gasteiger partial charge in [-0.15, -0.1) is 0 Å². The van der Waals surface area contributed by atoms with Crippen LogP contribution in [-0.2, 0) is 4.74 Å². The smallest absolute Gasteiger partial charge is 0.135 e. The van der Waals surface area contributed by atoms with E-state index >= 15 is 0 Å². The topological polar surface area (TPSA) is 54.4 Å². The highest BCUT2D eigenvalue weighted by Gasteiger charge is 2.33. The van der Waals surface area contributed by atoms with E-state index in [1.165, 1.54) is 0 Å². The number of nitrogens with one attached hydrogen (secondary N) is 1. The van der Waals surface area contributed by atoms with Crippen molar-refractivity contribution in [3.63, 3.8) is 0 Å². The Morgan fingerprint density at radius 2 is 2.24 bits per heavy atom. The maximum absolute atomic E-state index is 10.2. The van der Waals surface area contributed by atoms with Crippen molar-refractivity contribution < 1.29 is 9.84 Å². The van der Waals surface area contributed by atoms with Gasteiger partial charge in [0.2, 0.25) is 0 Å². The van der Waals surface area contributed by atoms with Crippen molar-refractivity contribution in [2.75, 3.05) is 13.7 Å². The van der Waals surface area contributed by atoms with Gasteiger partial charge in [0, 0.05) is 12.7 Å². The van der Waals surface area contributed by atoms with Crippen molar-refractivity contribution in [2.24, 2.45) is 0 Å². The van der Waals surface area contributed by atoms with Crippen molar-refractivity contribution >= 4 is 23.2 Å². The van der Waals surface area contributed by atoms with Gasteiger partial charge in [-0.3, -0.25) is 0 Å². The van der Waals surface area contributed by atoms with Crippen LogP contribution in [0.2, 0.25) is 10.3 Å². The second kappa shape index (κ2) is 5.50. The van der Waals surface area contributed by atoms with Crippen molar-refractivity contribution in [1.82, 2.24) is 10.3 Å². The molecule has 1 aromatic heterocycles. The summed E-state index contributed by atoms with van der Waals surface area (Å²) in [6.07, 6.45) is -0.0606. The number of halogens is 2. The lowest BCUT2D eigenvalue weighted by molar-refractivity contribution is -0.0511. The molecule has 3 atom stereocenters. The number of rotatable bonds is 2. The van der Waals surface area contributed by atoms with E-state index in [0.29, 0.717) is 10.3 Å². The van der Waals surface area contributed by atoms with Gasteiger partial charge >= 0.3 is 0 Å². The van der Waals surface area contributed by atoms with Crippen LogP contribution in [0.4, 0.5) is 0 Å². The Bertz CT molecular complexity index is 403. The number of aliphatic hydroxyl groups excluding tert-OH is 1. The molecule has 1 aromatic rings. The Labute approximate surface area is 110 Å². The molecule has 0 radical (unpaired) electrons. The number of pyridine rings is 1. The maximum Gasteiger partial charge on any atom is 0.135 e. The van der Waals surface area contributed by atoms with E-state index in [2.05, 4.69) is 10.3 Å². The Hall–Kier alpha value is -0.390. The zero-order valence-electron chi connectivity index (χ0n) is 9.36. The molecule has 0 aromatic carbocycles. The fourth-order valence-electron chi connectivity index (χ4n) is 2.09. The second-order valence-electron chi connectivity index (χ2n) is 4.00. The standard InChI is InChI=1S/C11H14Cl2N2O2/c1-17-7-4-5-14-9(10(7)16)6-2-3-8(12)15-11(6)13/h2-3,7,9-10,14,16H,4-5H2,1H3/t7-,9-,10-/m0/s1. The van der Waals surface area contributed by atoms with Crippen LogP contribution in [0.25, 0.3) is 0 Å². The summed E-state index contributed by atoms with van der Waals surface area (Å²) in [5.41, 5.74) is 0.741. The van der Waals surface area contributed by atoms with Gasteiger partial charge in [0.15, 0.2) is 0 Å². The summed E-state index contributed by atoms with van der Waals surface area (Å²) in [5, 5.41) is 14.0. The maximum atomic E-state index is 10.2. The molecule has 0 amide bonds. The Balaban J connectivity index is 2.26. The van der Waals surface area contributed by atoms with Crippen LogP contribution in [0.15, 0.2) is 12.1 Å². The van der Waals surface area contributed by atoms with Crippen LogP contribution in [0.5, 0.6) is 0 Å². The summed E-state index contributed by atoms with van der Waals surface area (Å²) in [4.78, 5) is 3.97. The molecule has 17 heavy (non-hydrogen) atoms.